The molecule has 1 aromatic heterocycles. The molecule has 3 N–H and O–H groups in total. The van der Waals surface area contributed by atoms with E-state index in [1.165, 1.54) is 0 Å². The summed E-state index contributed by atoms with van der Waals surface area (Å²) in [5.41, 5.74) is 5.74. The van der Waals surface area contributed by atoms with Gasteiger partial charge in [0.25, 0.3) is 0 Å². The Hall–Kier alpha value is -0.820. The van der Waals surface area contributed by atoms with Crippen molar-refractivity contribution < 1.29 is 8.42 Å². The van der Waals surface area contributed by atoms with E-state index in [1.54, 1.807) is 0 Å². The summed E-state index contributed by atoms with van der Waals surface area (Å²) >= 11 is 1.13. The lowest BCUT2D eigenvalue weighted by atomic mass is 10.0. The van der Waals surface area contributed by atoms with Crippen LogP contribution in [-0.4, -0.2) is 24.6 Å². The van der Waals surface area contributed by atoms with Crippen LogP contribution in [0.4, 0.5) is 10.8 Å². The first kappa shape index (κ1) is 17.2. The molecule has 0 saturated carbocycles. The van der Waals surface area contributed by atoms with E-state index in [0.29, 0.717) is 17.3 Å². The molecule has 7 heteroatoms. The molecular weight excluding hydrogens is 294 g/mol. The monoisotopic (exact) mass is 319 g/mol. The Morgan fingerprint density at radius 3 is 2.50 bits per heavy atom. The van der Waals surface area contributed by atoms with Crippen LogP contribution in [0.25, 0.3) is 0 Å². The second-order valence-corrected chi connectivity index (χ2v) is 8.38. The molecule has 0 spiro atoms. The number of hydrogen-bond donors (Lipinski definition) is 2. The van der Waals surface area contributed by atoms with Crippen molar-refractivity contribution in [3.8, 4) is 0 Å². The van der Waals surface area contributed by atoms with Gasteiger partial charge in [0.05, 0.1) is 5.75 Å². The number of rotatable bonds is 8. The molecule has 20 heavy (non-hydrogen) atoms. The topological polar surface area (TPSA) is 85.1 Å². The summed E-state index contributed by atoms with van der Waals surface area (Å²) in [4.78, 5) is 0.181. The molecule has 1 unspecified atom stereocenters. The molecule has 0 saturated heterocycles. The highest BCUT2D eigenvalue weighted by molar-refractivity contribution is 7.91. The van der Waals surface area contributed by atoms with E-state index < -0.39 is 9.84 Å². The lowest BCUT2D eigenvalue weighted by Gasteiger charge is -2.16. The Kier molecular flexibility index (Phi) is 6.26. The van der Waals surface area contributed by atoms with Crippen LogP contribution >= 0.6 is 11.5 Å². The summed E-state index contributed by atoms with van der Waals surface area (Å²) in [6.07, 6.45) is 2.65. The second-order valence-electron chi connectivity index (χ2n) is 5.56. The van der Waals surface area contributed by atoms with E-state index in [0.717, 1.165) is 24.4 Å². The minimum Gasteiger partial charge on any atom is -0.382 e. The zero-order valence-electron chi connectivity index (χ0n) is 12.6. The fourth-order valence-electron chi connectivity index (χ4n) is 1.94. The van der Waals surface area contributed by atoms with Crippen molar-refractivity contribution in [1.29, 1.82) is 0 Å². The number of hydrogen-bond acceptors (Lipinski definition) is 6. The normalized spacial score (nSPS) is 13.7. The van der Waals surface area contributed by atoms with E-state index in [4.69, 9.17) is 5.73 Å². The minimum absolute atomic E-state index is 0.102. The molecule has 1 rings (SSSR count). The Bertz CT molecular complexity index is 524. The van der Waals surface area contributed by atoms with E-state index in [-0.39, 0.29) is 22.5 Å². The minimum atomic E-state index is -3.34. The maximum atomic E-state index is 12.2. The molecule has 0 radical (unpaired) electrons. The van der Waals surface area contributed by atoms with Crippen molar-refractivity contribution in [2.75, 3.05) is 16.8 Å². The zero-order chi connectivity index (χ0) is 15.3. The van der Waals surface area contributed by atoms with Gasteiger partial charge in [0.15, 0.2) is 15.7 Å². The smallest absolute Gasteiger partial charge is 0.185 e. The average Bonchev–Trinajstić information content (AvgIpc) is 2.68. The number of sulfone groups is 1. The van der Waals surface area contributed by atoms with Gasteiger partial charge in [-0.25, -0.2) is 8.42 Å². The number of nitrogens with two attached hydrogens (primary N) is 1. The van der Waals surface area contributed by atoms with Crippen molar-refractivity contribution in [1.82, 2.24) is 4.37 Å². The first-order valence-corrected chi connectivity index (χ1v) is 9.45. The fraction of sp³-hybridized carbons (Fsp3) is 0.769. The molecule has 1 aromatic rings. The Balaban J connectivity index is 2.87. The first-order valence-electron chi connectivity index (χ1n) is 7.02. The molecule has 0 aliphatic rings. The standard InChI is InChI=1S/C13H25N3O2S2/c1-5-8-20(17,18)11-12(14)16-19-13(11)15-10(4)7-6-9(2)3/h9-10,15H,5-8H2,1-4H3,(H2,14,16). The SMILES string of the molecule is CCCS(=O)(=O)c1c(N)nsc1NC(C)CCC(C)C. The highest BCUT2D eigenvalue weighted by atomic mass is 32.2. The third-order valence-electron chi connectivity index (χ3n) is 3.01. The summed E-state index contributed by atoms with van der Waals surface area (Å²) in [5.74, 6) is 0.848. The van der Waals surface area contributed by atoms with E-state index in [2.05, 4.69) is 30.5 Å². The van der Waals surface area contributed by atoms with Crippen LogP contribution in [0, 0.1) is 5.92 Å². The van der Waals surface area contributed by atoms with Crippen LogP contribution in [0.1, 0.15) is 47.0 Å². The van der Waals surface area contributed by atoms with Gasteiger partial charge in [0.1, 0.15) is 9.90 Å². The first-order chi connectivity index (χ1) is 9.27. The molecule has 1 heterocycles. The number of aromatic nitrogens is 1. The number of anilines is 2. The Morgan fingerprint density at radius 1 is 1.30 bits per heavy atom. The molecule has 1 atom stereocenters. The van der Waals surface area contributed by atoms with Crippen LogP contribution in [-0.2, 0) is 9.84 Å². The second kappa shape index (κ2) is 7.26. The van der Waals surface area contributed by atoms with Crippen LogP contribution in [0.2, 0.25) is 0 Å². The highest BCUT2D eigenvalue weighted by Crippen LogP contribution is 2.33. The van der Waals surface area contributed by atoms with Crippen molar-refractivity contribution in [3.63, 3.8) is 0 Å². The van der Waals surface area contributed by atoms with Crippen molar-refractivity contribution in [2.45, 2.75) is 57.9 Å². The molecule has 0 aliphatic carbocycles. The van der Waals surface area contributed by atoms with Gasteiger partial charge in [-0.1, -0.05) is 20.8 Å². The van der Waals surface area contributed by atoms with Gasteiger partial charge in [-0.15, -0.1) is 0 Å². The van der Waals surface area contributed by atoms with Crippen LogP contribution in [0.3, 0.4) is 0 Å². The highest BCUT2D eigenvalue weighted by Gasteiger charge is 2.25. The van der Waals surface area contributed by atoms with Gasteiger partial charge in [0.2, 0.25) is 0 Å². The third-order valence-corrected chi connectivity index (χ3v) is 5.92. The van der Waals surface area contributed by atoms with Crippen LogP contribution < -0.4 is 11.1 Å². The molecule has 0 aliphatic heterocycles. The predicted octanol–water partition coefficient (Wildman–Crippen LogP) is 3.15. The van der Waals surface area contributed by atoms with E-state index in [1.807, 2.05) is 6.92 Å². The maximum absolute atomic E-state index is 12.2. The van der Waals surface area contributed by atoms with Crippen molar-refractivity contribution in [2.24, 2.45) is 5.92 Å². The van der Waals surface area contributed by atoms with Gasteiger partial charge in [-0.3, -0.25) is 0 Å². The largest absolute Gasteiger partial charge is 0.382 e. The van der Waals surface area contributed by atoms with Crippen LogP contribution in [0.15, 0.2) is 4.90 Å². The summed E-state index contributed by atoms with van der Waals surface area (Å²) in [6, 6.07) is 0.202. The van der Waals surface area contributed by atoms with Crippen molar-refractivity contribution in [3.05, 3.63) is 0 Å². The van der Waals surface area contributed by atoms with Gasteiger partial charge in [-0.05, 0) is 43.6 Å². The van der Waals surface area contributed by atoms with Gasteiger partial charge in [0, 0.05) is 6.04 Å². The summed E-state index contributed by atoms with van der Waals surface area (Å²) < 4.78 is 28.4. The quantitative estimate of drug-likeness (QED) is 0.769. The average molecular weight is 319 g/mol. The number of nitrogens with zero attached hydrogens (tertiary/aromatic N) is 1. The molecule has 0 amide bonds. The number of nitrogens with one attached hydrogen (secondary N) is 1. The number of nitrogen functional groups attached to an aromatic ring is 1. The van der Waals surface area contributed by atoms with Gasteiger partial charge < -0.3 is 11.1 Å². The molecule has 116 valence electrons. The molecule has 0 aromatic carbocycles. The molecule has 0 fully saturated rings. The predicted molar refractivity (Wildman–Crippen MR) is 86.0 cm³/mol. The van der Waals surface area contributed by atoms with Gasteiger partial charge in [-0.2, -0.15) is 4.37 Å². The summed E-state index contributed by atoms with van der Waals surface area (Å²) in [7, 11) is -3.34. The lowest BCUT2D eigenvalue weighted by Crippen LogP contribution is -2.17. The zero-order valence-corrected chi connectivity index (χ0v) is 14.3. The summed E-state index contributed by atoms with van der Waals surface area (Å²) in [6.45, 7) is 8.24. The lowest BCUT2D eigenvalue weighted by molar-refractivity contribution is 0.527. The van der Waals surface area contributed by atoms with Crippen molar-refractivity contribution >= 4 is 32.2 Å². The molecule has 0 bridgehead atoms. The Morgan fingerprint density at radius 2 is 1.95 bits per heavy atom. The fourth-order valence-corrected chi connectivity index (χ4v) is 4.66. The summed E-state index contributed by atoms with van der Waals surface area (Å²) in [5, 5.41) is 3.82. The van der Waals surface area contributed by atoms with E-state index >= 15 is 0 Å². The molecular formula is C13H25N3O2S2. The van der Waals surface area contributed by atoms with E-state index in [9.17, 15) is 8.42 Å². The van der Waals surface area contributed by atoms with Gasteiger partial charge >= 0.3 is 0 Å². The van der Waals surface area contributed by atoms with Crippen LogP contribution in [0.5, 0.6) is 0 Å². The Labute approximate surface area is 126 Å². The maximum Gasteiger partial charge on any atom is 0.185 e. The third kappa shape index (κ3) is 4.63. The molecule has 5 nitrogen and oxygen atoms in total.